The highest BCUT2D eigenvalue weighted by Crippen LogP contribution is 2.08. The summed E-state index contributed by atoms with van der Waals surface area (Å²) in [5.74, 6) is 1.43. The van der Waals surface area contributed by atoms with Crippen molar-refractivity contribution in [2.75, 3.05) is 0 Å². The first kappa shape index (κ1) is 8.96. The Morgan fingerprint density at radius 3 is 3.06 bits per heavy atom. The van der Waals surface area contributed by atoms with Crippen LogP contribution in [0.4, 0.5) is 0 Å². The van der Waals surface area contributed by atoms with Crippen LogP contribution in [-0.4, -0.2) is 14.6 Å². The van der Waals surface area contributed by atoms with Crippen LogP contribution in [0, 0.1) is 0 Å². The first-order valence-corrected chi connectivity index (χ1v) is 4.92. The van der Waals surface area contributed by atoms with E-state index in [1.807, 2.05) is 12.1 Å². The predicted molar refractivity (Wildman–Crippen MR) is 57.3 cm³/mol. The maximum atomic E-state index is 11.7. The van der Waals surface area contributed by atoms with Gasteiger partial charge in [-0.05, 0) is 18.2 Å². The molecular formula is C11H9N3O2. The van der Waals surface area contributed by atoms with Crippen molar-refractivity contribution in [1.29, 1.82) is 0 Å². The number of rotatable bonds is 2. The Bertz CT molecular complexity index is 664. The Hall–Kier alpha value is -2.30. The normalized spacial score (nSPS) is 11.0. The van der Waals surface area contributed by atoms with Gasteiger partial charge < -0.3 is 4.42 Å². The van der Waals surface area contributed by atoms with E-state index in [2.05, 4.69) is 10.2 Å². The number of fused-ring (bicyclic) bond motifs is 1. The van der Waals surface area contributed by atoms with E-state index in [-0.39, 0.29) is 5.56 Å². The van der Waals surface area contributed by atoms with E-state index in [9.17, 15) is 4.79 Å². The highest BCUT2D eigenvalue weighted by atomic mass is 16.3. The molecule has 5 heteroatoms. The van der Waals surface area contributed by atoms with Crippen LogP contribution in [0.5, 0.6) is 0 Å². The van der Waals surface area contributed by atoms with Crippen molar-refractivity contribution in [3.63, 3.8) is 0 Å². The van der Waals surface area contributed by atoms with E-state index in [4.69, 9.17) is 4.42 Å². The zero-order valence-corrected chi connectivity index (χ0v) is 8.38. The zero-order chi connectivity index (χ0) is 11.0. The van der Waals surface area contributed by atoms with Gasteiger partial charge in [-0.3, -0.25) is 9.89 Å². The van der Waals surface area contributed by atoms with Gasteiger partial charge in [0.1, 0.15) is 17.2 Å². The second-order valence-corrected chi connectivity index (χ2v) is 3.48. The van der Waals surface area contributed by atoms with Gasteiger partial charge in [0.25, 0.3) is 5.56 Å². The molecule has 0 aromatic carbocycles. The Morgan fingerprint density at radius 1 is 1.31 bits per heavy atom. The third-order valence-corrected chi connectivity index (χ3v) is 2.42. The zero-order valence-electron chi connectivity index (χ0n) is 8.38. The average molecular weight is 215 g/mol. The first-order valence-electron chi connectivity index (χ1n) is 4.92. The minimum atomic E-state index is -0.0900. The van der Waals surface area contributed by atoms with Crippen LogP contribution >= 0.6 is 0 Å². The largest absolute Gasteiger partial charge is 0.469 e. The predicted octanol–water partition coefficient (Wildman–Crippen LogP) is 1.21. The maximum absolute atomic E-state index is 11.7. The van der Waals surface area contributed by atoms with Crippen LogP contribution in [0.1, 0.15) is 11.6 Å². The molecule has 0 aliphatic heterocycles. The molecule has 0 unspecified atom stereocenters. The summed E-state index contributed by atoms with van der Waals surface area (Å²) in [7, 11) is 0. The smallest absolute Gasteiger partial charge is 0.257 e. The fourth-order valence-electron chi connectivity index (χ4n) is 1.70. The third kappa shape index (κ3) is 1.33. The number of H-pyrrole nitrogens is 1. The van der Waals surface area contributed by atoms with Crippen LogP contribution in [0.2, 0.25) is 0 Å². The lowest BCUT2D eigenvalue weighted by atomic mass is 10.3. The second kappa shape index (κ2) is 3.37. The second-order valence-electron chi connectivity index (χ2n) is 3.48. The van der Waals surface area contributed by atoms with Gasteiger partial charge in [-0.25, -0.2) is 4.40 Å². The molecule has 1 N–H and O–H groups in total. The fourth-order valence-corrected chi connectivity index (χ4v) is 1.70. The number of hydrogen-bond donors (Lipinski definition) is 1. The summed E-state index contributed by atoms with van der Waals surface area (Å²) in [6.07, 6.45) is 2.10. The first-order chi connectivity index (χ1) is 7.84. The molecule has 0 bridgehead atoms. The van der Waals surface area contributed by atoms with Gasteiger partial charge in [-0.2, -0.15) is 5.10 Å². The van der Waals surface area contributed by atoms with Crippen LogP contribution < -0.4 is 5.56 Å². The molecule has 3 aromatic heterocycles. The molecule has 80 valence electrons. The Kier molecular flexibility index (Phi) is 1.89. The molecule has 0 saturated carbocycles. The number of furan rings is 1. The Morgan fingerprint density at radius 2 is 2.25 bits per heavy atom. The molecule has 0 aliphatic carbocycles. The van der Waals surface area contributed by atoms with Crippen LogP contribution in [0.25, 0.3) is 5.65 Å². The lowest BCUT2D eigenvalue weighted by Crippen LogP contribution is -2.13. The SMILES string of the molecule is O=c1cccc2[nH]nc(Cc3ccco3)n12. The van der Waals surface area contributed by atoms with E-state index in [1.54, 1.807) is 22.8 Å². The number of aromatic nitrogens is 3. The lowest BCUT2D eigenvalue weighted by molar-refractivity contribution is 0.516. The molecule has 5 nitrogen and oxygen atoms in total. The molecular weight excluding hydrogens is 206 g/mol. The number of aromatic amines is 1. The standard InChI is InChI=1S/C11H9N3O2/c15-11-5-1-4-9-12-13-10(14(9)11)7-8-3-2-6-16-8/h1-6,12H,7H2. The van der Waals surface area contributed by atoms with Crippen LogP contribution in [-0.2, 0) is 6.42 Å². The molecule has 16 heavy (non-hydrogen) atoms. The summed E-state index contributed by atoms with van der Waals surface area (Å²) in [6, 6.07) is 8.68. The monoisotopic (exact) mass is 215 g/mol. The van der Waals surface area contributed by atoms with E-state index >= 15 is 0 Å². The topological polar surface area (TPSA) is 63.3 Å². The summed E-state index contributed by atoms with van der Waals surface area (Å²) in [5, 5.41) is 6.92. The van der Waals surface area contributed by atoms with Gasteiger partial charge in [-0.1, -0.05) is 6.07 Å². The number of nitrogens with zero attached hydrogens (tertiary/aromatic N) is 2. The summed E-state index contributed by atoms with van der Waals surface area (Å²) in [5.41, 5.74) is 0.599. The Labute approximate surface area is 90.3 Å². The molecule has 3 heterocycles. The van der Waals surface area contributed by atoms with Crippen LogP contribution in [0.3, 0.4) is 0 Å². The molecule has 3 aromatic rings. The van der Waals surface area contributed by atoms with E-state index in [0.29, 0.717) is 17.9 Å². The van der Waals surface area contributed by atoms with Crippen molar-refractivity contribution >= 4 is 5.65 Å². The molecule has 0 spiro atoms. The summed E-state index contributed by atoms with van der Waals surface area (Å²) < 4.78 is 6.77. The lowest BCUT2D eigenvalue weighted by Gasteiger charge is -1.95. The molecule has 0 atom stereocenters. The highest BCUT2D eigenvalue weighted by molar-refractivity contribution is 5.37. The van der Waals surface area contributed by atoms with Crippen molar-refractivity contribution in [1.82, 2.24) is 14.6 Å². The molecule has 3 rings (SSSR count). The van der Waals surface area contributed by atoms with Gasteiger partial charge >= 0.3 is 0 Å². The van der Waals surface area contributed by atoms with Crippen molar-refractivity contribution in [3.8, 4) is 0 Å². The summed E-state index contributed by atoms with van der Waals surface area (Å²) >= 11 is 0. The van der Waals surface area contributed by atoms with E-state index < -0.39 is 0 Å². The number of pyridine rings is 1. The van der Waals surface area contributed by atoms with Crippen molar-refractivity contribution in [2.45, 2.75) is 6.42 Å². The highest BCUT2D eigenvalue weighted by Gasteiger charge is 2.08. The number of nitrogens with one attached hydrogen (secondary N) is 1. The fraction of sp³-hybridized carbons (Fsp3) is 0.0909. The quantitative estimate of drug-likeness (QED) is 0.698. The molecule has 0 amide bonds. The van der Waals surface area contributed by atoms with Crippen LogP contribution in [0.15, 0.2) is 45.8 Å². The van der Waals surface area contributed by atoms with E-state index in [0.717, 1.165) is 5.76 Å². The summed E-state index contributed by atoms with van der Waals surface area (Å²) in [6.45, 7) is 0. The van der Waals surface area contributed by atoms with Gasteiger partial charge in [-0.15, -0.1) is 0 Å². The summed E-state index contributed by atoms with van der Waals surface area (Å²) in [4.78, 5) is 11.7. The van der Waals surface area contributed by atoms with E-state index in [1.165, 1.54) is 6.07 Å². The molecule has 0 fully saturated rings. The van der Waals surface area contributed by atoms with Gasteiger partial charge in [0.15, 0.2) is 0 Å². The molecule has 0 radical (unpaired) electrons. The minimum Gasteiger partial charge on any atom is -0.469 e. The molecule has 0 aliphatic rings. The van der Waals surface area contributed by atoms with Crippen molar-refractivity contribution < 1.29 is 4.42 Å². The van der Waals surface area contributed by atoms with Gasteiger partial charge in [0, 0.05) is 6.07 Å². The van der Waals surface area contributed by atoms with Crippen molar-refractivity contribution in [2.24, 2.45) is 0 Å². The molecule has 0 saturated heterocycles. The van der Waals surface area contributed by atoms with Gasteiger partial charge in [0.2, 0.25) is 0 Å². The number of hydrogen-bond acceptors (Lipinski definition) is 3. The van der Waals surface area contributed by atoms with Gasteiger partial charge in [0.05, 0.1) is 12.7 Å². The average Bonchev–Trinajstić information content (AvgIpc) is 2.90. The van der Waals surface area contributed by atoms with Crippen molar-refractivity contribution in [3.05, 3.63) is 58.5 Å². The maximum Gasteiger partial charge on any atom is 0.257 e. The third-order valence-electron chi connectivity index (χ3n) is 2.42. The minimum absolute atomic E-state index is 0.0900. The Balaban J connectivity index is 2.14.